The number of ketones is 1. The normalized spacial score (nSPS) is 27.5. The topological polar surface area (TPSA) is 139 Å². The molecule has 38 heavy (non-hydrogen) atoms. The second-order valence-electron chi connectivity index (χ2n) is 9.06. The van der Waals surface area contributed by atoms with E-state index in [2.05, 4.69) is 5.32 Å². The highest BCUT2D eigenvalue weighted by atomic mass is 16.8. The van der Waals surface area contributed by atoms with E-state index in [0.717, 1.165) is 0 Å². The van der Waals surface area contributed by atoms with E-state index < -0.39 is 54.9 Å². The number of rotatable bonds is 9. The minimum absolute atomic E-state index is 0.0740. The lowest BCUT2D eigenvalue weighted by atomic mass is 9.95. The molecule has 0 radical (unpaired) electrons. The van der Waals surface area contributed by atoms with Crippen LogP contribution < -0.4 is 14.8 Å². The molecule has 204 valence electrons. The number of nitrogens with one attached hydrogen (secondary N) is 1. The number of carboxylic acids is 1. The first-order valence-corrected chi connectivity index (χ1v) is 12.2. The maximum absolute atomic E-state index is 12.2. The van der Waals surface area contributed by atoms with E-state index in [1.165, 1.54) is 27.9 Å². The second kappa shape index (κ2) is 11.9. The molecule has 0 aliphatic carbocycles. The number of para-hydroxylation sites is 1. The van der Waals surface area contributed by atoms with Gasteiger partial charge in [0.25, 0.3) is 0 Å². The van der Waals surface area contributed by atoms with E-state index in [4.69, 9.17) is 28.4 Å². The average molecular weight is 530 g/mol. The highest BCUT2D eigenvalue weighted by Crippen LogP contribution is 2.39. The molecule has 0 bridgehead atoms. The van der Waals surface area contributed by atoms with Crippen molar-refractivity contribution < 1.29 is 47.9 Å². The Morgan fingerprint density at radius 1 is 1.05 bits per heavy atom. The molecule has 7 atom stereocenters. The van der Waals surface area contributed by atoms with Gasteiger partial charge >= 0.3 is 5.97 Å². The third-order valence-corrected chi connectivity index (χ3v) is 6.32. The van der Waals surface area contributed by atoms with Crippen LogP contribution in [0.15, 0.2) is 48.5 Å². The summed E-state index contributed by atoms with van der Waals surface area (Å²) in [5, 5.41) is 12.3. The van der Waals surface area contributed by atoms with Gasteiger partial charge in [-0.3, -0.25) is 9.59 Å². The second-order valence-corrected chi connectivity index (χ2v) is 9.06. The Balaban J connectivity index is 1.65. The fourth-order valence-corrected chi connectivity index (χ4v) is 4.44. The molecular formula is C27H31NO10. The van der Waals surface area contributed by atoms with Crippen molar-refractivity contribution >= 4 is 17.7 Å². The fraction of sp³-hybridized carbons (Fsp3) is 0.444. The van der Waals surface area contributed by atoms with Crippen molar-refractivity contribution in [3.8, 4) is 11.5 Å². The van der Waals surface area contributed by atoms with Crippen molar-refractivity contribution in [2.45, 2.75) is 63.8 Å². The summed E-state index contributed by atoms with van der Waals surface area (Å²) in [4.78, 5) is 35.6. The number of carboxylic acid groups (broad SMARTS) is 1. The fourth-order valence-electron chi connectivity index (χ4n) is 4.44. The lowest BCUT2D eigenvalue weighted by Gasteiger charge is -2.49. The molecule has 11 nitrogen and oxygen atoms in total. The van der Waals surface area contributed by atoms with Crippen molar-refractivity contribution in [3.05, 3.63) is 59.7 Å². The lowest BCUT2D eigenvalue weighted by molar-refractivity contribution is -0.340. The zero-order valence-electron chi connectivity index (χ0n) is 21.5. The van der Waals surface area contributed by atoms with E-state index in [-0.39, 0.29) is 12.4 Å². The van der Waals surface area contributed by atoms with Crippen molar-refractivity contribution in [3.63, 3.8) is 0 Å². The Morgan fingerprint density at radius 3 is 2.39 bits per heavy atom. The monoisotopic (exact) mass is 529 g/mol. The Morgan fingerprint density at radius 2 is 1.76 bits per heavy atom. The number of fused-ring (bicyclic) bond motifs is 1. The molecule has 1 amide bonds. The number of methoxy groups -OCH3 is 1. The highest BCUT2D eigenvalue weighted by Gasteiger charge is 2.53. The molecule has 0 spiro atoms. The number of aliphatic carboxylic acids is 1. The SMILES string of the molecule is COc1ccccc1C1OCC2OC(Oc3ccc(C(C)=O)cc3)C(NC(C)=O)C(OC(C)C(=O)O)C2O1. The Hall–Kier alpha value is -3.51. The summed E-state index contributed by atoms with van der Waals surface area (Å²) in [7, 11) is 1.53. The standard InChI is InChI=1S/C27H31NO10/c1-14(29)17-9-11-18(12-10-17)36-27-22(28-16(3)30)24(35-15(2)25(31)32)23-21(37-27)13-34-26(38-23)19-7-5-6-8-20(19)33-4/h5-12,15,21-24,26-27H,13H2,1-4H3,(H,28,30)(H,31,32). The molecule has 2 saturated heterocycles. The molecule has 7 unspecified atom stereocenters. The van der Waals surface area contributed by atoms with Crippen LogP contribution in [0.5, 0.6) is 11.5 Å². The summed E-state index contributed by atoms with van der Waals surface area (Å²) in [5.41, 5.74) is 1.15. The third-order valence-electron chi connectivity index (χ3n) is 6.32. The first-order valence-electron chi connectivity index (χ1n) is 12.2. The van der Waals surface area contributed by atoms with Gasteiger partial charge in [0, 0.05) is 18.1 Å². The van der Waals surface area contributed by atoms with Gasteiger partial charge in [0.05, 0.1) is 13.7 Å². The predicted molar refractivity (Wildman–Crippen MR) is 132 cm³/mol. The van der Waals surface area contributed by atoms with Gasteiger partial charge in [-0.15, -0.1) is 0 Å². The van der Waals surface area contributed by atoms with Crippen molar-refractivity contribution in [2.75, 3.05) is 13.7 Å². The zero-order valence-corrected chi connectivity index (χ0v) is 21.5. The molecule has 11 heteroatoms. The number of ether oxygens (including phenoxy) is 6. The molecule has 0 aromatic heterocycles. The number of Topliss-reactive ketones (excluding diaryl/α,β-unsaturated/α-hetero) is 1. The minimum Gasteiger partial charge on any atom is -0.496 e. The van der Waals surface area contributed by atoms with Crippen LogP contribution in [-0.2, 0) is 28.5 Å². The Kier molecular flexibility index (Phi) is 8.62. The van der Waals surface area contributed by atoms with Crippen LogP contribution in [0, 0.1) is 0 Å². The summed E-state index contributed by atoms with van der Waals surface area (Å²) >= 11 is 0. The van der Waals surface area contributed by atoms with Gasteiger partial charge in [-0.2, -0.15) is 0 Å². The first kappa shape index (κ1) is 27.5. The predicted octanol–water partition coefficient (Wildman–Crippen LogP) is 2.48. The average Bonchev–Trinajstić information content (AvgIpc) is 2.90. The van der Waals surface area contributed by atoms with Gasteiger partial charge in [-0.05, 0) is 44.2 Å². The Bertz CT molecular complexity index is 1150. The molecule has 2 heterocycles. The molecule has 4 rings (SSSR count). The third kappa shape index (κ3) is 6.13. The van der Waals surface area contributed by atoms with Crippen LogP contribution in [-0.4, -0.2) is 73.2 Å². The van der Waals surface area contributed by atoms with Crippen LogP contribution in [0.4, 0.5) is 0 Å². The van der Waals surface area contributed by atoms with Gasteiger partial charge in [-0.1, -0.05) is 18.2 Å². The van der Waals surface area contributed by atoms with E-state index in [1.54, 1.807) is 36.4 Å². The zero-order chi connectivity index (χ0) is 27.4. The van der Waals surface area contributed by atoms with Crippen LogP contribution in [0.25, 0.3) is 0 Å². The van der Waals surface area contributed by atoms with Crippen LogP contribution >= 0.6 is 0 Å². The smallest absolute Gasteiger partial charge is 0.332 e. The molecule has 2 aliphatic rings. The number of hydrogen-bond donors (Lipinski definition) is 2. The first-order chi connectivity index (χ1) is 18.2. The summed E-state index contributed by atoms with van der Waals surface area (Å²) in [6, 6.07) is 12.7. The van der Waals surface area contributed by atoms with Gasteiger partial charge < -0.3 is 38.8 Å². The summed E-state index contributed by atoms with van der Waals surface area (Å²) in [6.45, 7) is 4.25. The van der Waals surface area contributed by atoms with Gasteiger partial charge in [-0.25, -0.2) is 4.79 Å². The summed E-state index contributed by atoms with van der Waals surface area (Å²) in [6.07, 6.45) is -5.66. The van der Waals surface area contributed by atoms with Gasteiger partial charge in [0.1, 0.15) is 35.9 Å². The molecule has 2 N–H and O–H groups in total. The number of amides is 1. The molecule has 2 aliphatic heterocycles. The van der Waals surface area contributed by atoms with E-state index in [9.17, 15) is 19.5 Å². The van der Waals surface area contributed by atoms with Crippen molar-refractivity contribution in [1.82, 2.24) is 5.32 Å². The van der Waals surface area contributed by atoms with Crippen LogP contribution in [0.3, 0.4) is 0 Å². The molecular weight excluding hydrogens is 498 g/mol. The van der Waals surface area contributed by atoms with E-state index in [0.29, 0.717) is 22.6 Å². The minimum atomic E-state index is -1.22. The number of benzene rings is 2. The molecule has 2 aromatic rings. The summed E-state index contributed by atoms with van der Waals surface area (Å²) in [5.74, 6) is -0.745. The van der Waals surface area contributed by atoms with E-state index >= 15 is 0 Å². The lowest BCUT2D eigenvalue weighted by Crippen LogP contribution is -2.68. The van der Waals surface area contributed by atoms with Gasteiger partial charge in [0.15, 0.2) is 18.2 Å². The number of carbonyl (C=O) groups is 3. The number of carbonyl (C=O) groups excluding carboxylic acids is 2. The quantitative estimate of drug-likeness (QED) is 0.466. The highest BCUT2D eigenvalue weighted by molar-refractivity contribution is 5.94. The van der Waals surface area contributed by atoms with E-state index in [1.807, 2.05) is 12.1 Å². The van der Waals surface area contributed by atoms with Crippen LogP contribution in [0.2, 0.25) is 0 Å². The number of hydrogen-bond acceptors (Lipinski definition) is 9. The summed E-state index contributed by atoms with van der Waals surface area (Å²) < 4.78 is 35.9. The molecule has 2 aromatic carbocycles. The molecule has 0 saturated carbocycles. The van der Waals surface area contributed by atoms with Gasteiger partial charge in [0.2, 0.25) is 12.2 Å². The maximum atomic E-state index is 12.2. The van der Waals surface area contributed by atoms with Crippen molar-refractivity contribution in [1.29, 1.82) is 0 Å². The molecule has 2 fully saturated rings. The largest absolute Gasteiger partial charge is 0.496 e. The van der Waals surface area contributed by atoms with Crippen molar-refractivity contribution in [2.24, 2.45) is 0 Å². The maximum Gasteiger partial charge on any atom is 0.332 e. The Labute approximate surface area is 219 Å². The van der Waals surface area contributed by atoms with Crippen LogP contribution in [0.1, 0.15) is 43.0 Å².